The van der Waals surface area contributed by atoms with Gasteiger partial charge < -0.3 is 19.5 Å². The van der Waals surface area contributed by atoms with Crippen molar-refractivity contribution in [3.05, 3.63) is 48.0 Å². The van der Waals surface area contributed by atoms with Crippen LogP contribution in [0.3, 0.4) is 0 Å². The SMILES string of the molecule is OB(O)c1ccccc1CSc1ccc2c(c1)OCCO2. The van der Waals surface area contributed by atoms with Crippen LogP contribution in [0, 0.1) is 0 Å². The molecule has 0 saturated heterocycles. The zero-order valence-electron chi connectivity index (χ0n) is 11.4. The first-order valence-electron chi connectivity index (χ1n) is 6.70. The molecule has 21 heavy (non-hydrogen) atoms. The van der Waals surface area contributed by atoms with Gasteiger partial charge in [0.2, 0.25) is 0 Å². The van der Waals surface area contributed by atoms with Crippen LogP contribution in [0.15, 0.2) is 47.4 Å². The third-order valence-electron chi connectivity index (χ3n) is 3.24. The molecule has 2 N–H and O–H groups in total. The normalized spacial score (nSPS) is 13.0. The van der Waals surface area contributed by atoms with Gasteiger partial charge in [0, 0.05) is 10.6 Å². The van der Waals surface area contributed by atoms with Crippen LogP contribution >= 0.6 is 11.8 Å². The Bertz CT molecular complexity index is 633. The Labute approximate surface area is 127 Å². The summed E-state index contributed by atoms with van der Waals surface area (Å²) in [5, 5.41) is 18.7. The monoisotopic (exact) mass is 302 g/mol. The Balaban J connectivity index is 1.73. The highest BCUT2D eigenvalue weighted by Gasteiger charge is 2.16. The summed E-state index contributed by atoms with van der Waals surface area (Å²) in [5.74, 6) is 2.20. The minimum absolute atomic E-state index is 0.544. The zero-order valence-corrected chi connectivity index (χ0v) is 12.2. The van der Waals surface area contributed by atoms with Crippen LogP contribution in [0.2, 0.25) is 0 Å². The Morgan fingerprint density at radius 2 is 1.76 bits per heavy atom. The topological polar surface area (TPSA) is 58.9 Å². The highest BCUT2D eigenvalue weighted by Crippen LogP contribution is 2.34. The first-order chi connectivity index (χ1) is 10.2. The van der Waals surface area contributed by atoms with Crippen molar-refractivity contribution in [3.63, 3.8) is 0 Å². The van der Waals surface area contributed by atoms with Crippen molar-refractivity contribution in [2.24, 2.45) is 0 Å². The Morgan fingerprint density at radius 1 is 1.00 bits per heavy atom. The van der Waals surface area contributed by atoms with E-state index in [2.05, 4.69) is 0 Å². The third kappa shape index (κ3) is 3.35. The molecule has 0 spiro atoms. The van der Waals surface area contributed by atoms with Crippen LogP contribution in [0.5, 0.6) is 11.5 Å². The van der Waals surface area contributed by atoms with Gasteiger partial charge in [-0.2, -0.15) is 0 Å². The quantitative estimate of drug-likeness (QED) is 0.661. The maximum Gasteiger partial charge on any atom is 0.488 e. The number of thioether (sulfide) groups is 1. The summed E-state index contributed by atoms with van der Waals surface area (Å²) in [6, 6.07) is 13.2. The molecule has 0 fully saturated rings. The van der Waals surface area contributed by atoms with Crippen LogP contribution in [0.25, 0.3) is 0 Å². The molecule has 1 aliphatic heterocycles. The number of benzene rings is 2. The second kappa shape index (κ2) is 6.43. The van der Waals surface area contributed by atoms with Crippen LogP contribution in [0.1, 0.15) is 5.56 Å². The molecule has 0 radical (unpaired) electrons. The summed E-state index contributed by atoms with van der Waals surface area (Å²) < 4.78 is 11.1. The second-order valence-electron chi connectivity index (χ2n) is 4.67. The van der Waals surface area contributed by atoms with Crippen molar-refractivity contribution >= 4 is 24.3 Å². The fraction of sp³-hybridized carbons (Fsp3) is 0.200. The molecule has 0 bridgehead atoms. The molecule has 0 atom stereocenters. The molecule has 1 aliphatic rings. The van der Waals surface area contributed by atoms with E-state index in [4.69, 9.17) is 9.47 Å². The lowest BCUT2D eigenvalue weighted by Gasteiger charge is -2.18. The van der Waals surface area contributed by atoms with Crippen molar-refractivity contribution in [2.45, 2.75) is 10.6 Å². The summed E-state index contributed by atoms with van der Waals surface area (Å²) in [7, 11) is -1.44. The van der Waals surface area contributed by atoms with Crippen molar-refractivity contribution in [3.8, 4) is 11.5 Å². The Kier molecular flexibility index (Phi) is 4.38. The number of fused-ring (bicyclic) bond motifs is 1. The van der Waals surface area contributed by atoms with Crippen molar-refractivity contribution < 1.29 is 19.5 Å². The molecule has 0 aromatic heterocycles. The van der Waals surface area contributed by atoms with E-state index in [0.717, 1.165) is 22.0 Å². The van der Waals surface area contributed by atoms with Gasteiger partial charge in [-0.3, -0.25) is 0 Å². The molecule has 3 rings (SSSR count). The van der Waals surface area contributed by atoms with E-state index in [1.807, 2.05) is 30.3 Å². The van der Waals surface area contributed by atoms with E-state index >= 15 is 0 Å². The fourth-order valence-electron chi connectivity index (χ4n) is 2.19. The van der Waals surface area contributed by atoms with E-state index in [-0.39, 0.29) is 0 Å². The highest BCUT2D eigenvalue weighted by molar-refractivity contribution is 7.98. The molecule has 6 heteroatoms. The molecule has 0 amide bonds. The van der Waals surface area contributed by atoms with E-state index in [1.54, 1.807) is 23.9 Å². The van der Waals surface area contributed by atoms with Crippen LogP contribution in [0.4, 0.5) is 0 Å². The largest absolute Gasteiger partial charge is 0.488 e. The number of hydrogen-bond donors (Lipinski definition) is 2. The molecular formula is C15H15BO4S. The van der Waals surface area contributed by atoms with E-state index < -0.39 is 7.12 Å². The second-order valence-corrected chi connectivity index (χ2v) is 5.72. The Hall–Kier alpha value is -1.63. The van der Waals surface area contributed by atoms with Gasteiger partial charge in [0.1, 0.15) is 13.2 Å². The number of hydrogen-bond acceptors (Lipinski definition) is 5. The van der Waals surface area contributed by atoms with Gasteiger partial charge in [-0.25, -0.2) is 0 Å². The van der Waals surface area contributed by atoms with Crippen molar-refractivity contribution in [1.82, 2.24) is 0 Å². The third-order valence-corrected chi connectivity index (χ3v) is 4.28. The average molecular weight is 302 g/mol. The lowest BCUT2D eigenvalue weighted by atomic mass is 9.77. The Morgan fingerprint density at radius 3 is 2.57 bits per heavy atom. The van der Waals surface area contributed by atoms with Gasteiger partial charge in [-0.15, -0.1) is 11.8 Å². The molecule has 0 saturated carbocycles. The minimum atomic E-state index is -1.44. The zero-order chi connectivity index (χ0) is 14.7. The van der Waals surface area contributed by atoms with Crippen molar-refractivity contribution in [1.29, 1.82) is 0 Å². The molecule has 2 aromatic rings. The van der Waals surface area contributed by atoms with Gasteiger partial charge in [0.15, 0.2) is 11.5 Å². The van der Waals surface area contributed by atoms with Crippen LogP contribution < -0.4 is 14.9 Å². The molecular weight excluding hydrogens is 287 g/mol. The molecule has 2 aromatic carbocycles. The number of ether oxygens (including phenoxy) is 2. The van der Waals surface area contributed by atoms with E-state index in [1.165, 1.54) is 0 Å². The predicted octanol–water partition coefficient (Wildman–Crippen LogP) is 1.43. The highest BCUT2D eigenvalue weighted by atomic mass is 32.2. The maximum atomic E-state index is 9.37. The smallest absolute Gasteiger partial charge is 0.486 e. The minimum Gasteiger partial charge on any atom is -0.486 e. The maximum absolute atomic E-state index is 9.37. The summed E-state index contributed by atoms with van der Waals surface area (Å²) in [6.45, 7) is 1.15. The molecule has 1 heterocycles. The van der Waals surface area contributed by atoms with Gasteiger partial charge in [-0.1, -0.05) is 24.3 Å². The lowest BCUT2D eigenvalue weighted by molar-refractivity contribution is 0.171. The summed E-state index contributed by atoms with van der Waals surface area (Å²) in [5.41, 5.74) is 1.45. The van der Waals surface area contributed by atoms with Crippen LogP contribution in [-0.2, 0) is 5.75 Å². The summed E-state index contributed by atoms with van der Waals surface area (Å²) in [4.78, 5) is 1.06. The first kappa shape index (κ1) is 14.3. The average Bonchev–Trinajstić information content (AvgIpc) is 2.53. The molecule has 4 nitrogen and oxygen atoms in total. The molecule has 108 valence electrons. The first-order valence-corrected chi connectivity index (χ1v) is 7.69. The summed E-state index contributed by atoms with van der Waals surface area (Å²) in [6.07, 6.45) is 0. The predicted molar refractivity (Wildman–Crippen MR) is 83.3 cm³/mol. The van der Waals surface area contributed by atoms with E-state index in [9.17, 15) is 10.0 Å². The van der Waals surface area contributed by atoms with Gasteiger partial charge in [-0.05, 0) is 29.2 Å². The molecule has 0 unspecified atom stereocenters. The molecule has 0 aliphatic carbocycles. The number of rotatable bonds is 4. The van der Waals surface area contributed by atoms with Gasteiger partial charge in [0.25, 0.3) is 0 Å². The summed E-state index contributed by atoms with van der Waals surface area (Å²) >= 11 is 1.62. The fourth-order valence-corrected chi connectivity index (χ4v) is 3.13. The van der Waals surface area contributed by atoms with Gasteiger partial charge >= 0.3 is 7.12 Å². The standard InChI is InChI=1S/C15H15BO4S/c17-16(18)13-4-2-1-3-11(13)10-21-12-5-6-14-15(9-12)20-8-7-19-14/h1-6,9,17-18H,7-8,10H2. The van der Waals surface area contributed by atoms with E-state index in [0.29, 0.717) is 24.4 Å². The van der Waals surface area contributed by atoms with Crippen molar-refractivity contribution in [2.75, 3.05) is 13.2 Å². The van der Waals surface area contributed by atoms with Gasteiger partial charge in [0.05, 0.1) is 0 Å². The van der Waals surface area contributed by atoms with Crippen LogP contribution in [-0.4, -0.2) is 30.4 Å². The lowest BCUT2D eigenvalue weighted by Crippen LogP contribution is -2.32.